The monoisotopic (exact) mass is 260 g/mol. The largest absolute Gasteiger partial charge is 0.399 e. The van der Waals surface area contributed by atoms with Crippen molar-refractivity contribution in [2.24, 2.45) is 11.7 Å². The predicted molar refractivity (Wildman–Crippen MR) is 76.7 cm³/mol. The summed E-state index contributed by atoms with van der Waals surface area (Å²) < 4.78 is 0. The van der Waals surface area contributed by atoms with Gasteiger partial charge < -0.3 is 16.4 Å². The number of primary amides is 1. The molecule has 19 heavy (non-hydrogen) atoms. The summed E-state index contributed by atoms with van der Waals surface area (Å²) in [7, 11) is 0. The van der Waals surface area contributed by atoms with E-state index in [9.17, 15) is 4.79 Å². The van der Waals surface area contributed by atoms with Gasteiger partial charge in [0.25, 0.3) is 5.91 Å². The van der Waals surface area contributed by atoms with Crippen molar-refractivity contribution in [2.75, 3.05) is 23.7 Å². The Labute approximate surface area is 113 Å². The minimum atomic E-state index is -0.506. The fraction of sp³-hybridized carbons (Fsp3) is 0.429. The fourth-order valence-corrected chi connectivity index (χ4v) is 1.96. The molecule has 4 N–H and O–H groups in total. The second kappa shape index (κ2) is 6.64. The van der Waals surface area contributed by atoms with Gasteiger partial charge in [-0.15, -0.1) is 0 Å². The molecule has 0 aliphatic rings. The van der Waals surface area contributed by atoms with Crippen molar-refractivity contribution < 1.29 is 4.79 Å². The molecule has 0 unspecified atom stereocenters. The number of nitrogens with zero attached hydrogens (tertiary/aromatic N) is 2. The van der Waals surface area contributed by atoms with Gasteiger partial charge in [-0.1, -0.05) is 13.8 Å². The number of carbonyl (C=O) groups excluding carboxylic acids is 1. The lowest BCUT2D eigenvalue weighted by atomic mass is 10.1. The van der Waals surface area contributed by atoms with Crippen LogP contribution in [0.3, 0.4) is 0 Å². The molecular weight excluding hydrogens is 240 g/mol. The van der Waals surface area contributed by atoms with Crippen LogP contribution in [-0.2, 0) is 0 Å². The number of benzene rings is 1. The summed E-state index contributed by atoms with van der Waals surface area (Å²) in [6.45, 7) is 5.49. The van der Waals surface area contributed by atoms with Crippen LogP contribution in [0.5, 0.6) is 0 Å². The summed E-state index contributed by atoms with van der Waals surface area (Å²) in [5.41, 5.74) is 12.7. The van der Waals surface area contributed by atoms with Gasteiger partial charge >= 0.3 is 0 Å². The lowest BCUT2D eigenvalue weighted by molar-refractivity contribution is 0.100. The van der Waals surface area contributed by atoms with E-state index < -0.39 is 5.91 Å². The molecule has 5 heteroatoms. The van der Waals surface area contributed by atoms with Gasteiger partial charge in [0.05, 0.1) is 18.1 Å². The third-order valence-corrected chi connectivity index (χ3v) is 2.71. The molecule has 0 aromatic heterocycles. The van der Waals surface area contributed by atoms with Crippen LogP contribution >= 0.6 is 0 Å². The first-order valence-corrected chi connectivity index (χ1v) is 6.27. The zero-order valence-electron chi connectivity index (χ0n) is 11.4. The van der Waals surface area contributed by atoms with Crippen LogP contribution in [-0.4, -0.2) is 19.0 Å². The molecule has 102 valence electrons. The minimum absolute atomic E-state index is 0.398. The fourth-order valence-electron chi connectivity index (χ4n) is 1.96. The van der Waals surface area contributed by atoms with Gasteiger partial charge in [-0.25, -0.2) is 0 Å². The number of nitrogens with two attached hydrogens (primary N) is 2. The highest BCUT2D eigenvalue weighted by Gasteiger charge is 2.16. The van der Waals surface area contributed by atoms with E-state index in [1.165, 1.54) is 0 Å². The second-order valence-electron chi connectivity index (χ2n) is 4.89. The van der Waals surface area contributed by atoms with E-state index >= 15 is 0 Å². The molecule has 0 spiro atoms. The van der Waals surface area contributed by atoms with Crippen LogP contribution in [0.4, 0.5) is 11.4 Å². The number of nitriles is 1. The third kappa shape index (κ3) is 4.18. The van der Waals surface area contributed by atoms with Crippen molar-refractivity contribution in [3.63, 3.8) is 0 Å². The van der Waals surface area contributed by atoms with E-state index in [0.717, 1.165) is 12.2 Å². The van der Waals surface area contributed by atoms with E-state index in [-0.39, 0.29) is 0 Å². The Bertz CT molecular complexity index is 491. The lowest BCUT2D eigenvalue weighted by Gasteiger charge is -2.27. The van der Waals surface area contributed by atoms with E-state index in [1.807, 2.05) is 4.90 Å². The van der Waals surface area contributed by atoms with Crippen molar-refractivity contribution in [3.05, 3.63) is 23.8 Å². The smallest absolute Gasteiger partial charge is 0.250 e. The number of nitrogen functional groups attached to an aromatic ring is 1. The molecule has 0 radical (unpaired) electrons. The number of carbonyl (C=O) groups is 1. The molecule has 0 heterocycles. The highest BCUT2D eigenvalue weighted by atomic mass is 16.1. The predicted octanol–water partition coefficient (Wildman–Crippen LogP) is 1.74. The molecule has 0 aliphatic carbocycles. The van der Waals surface area contributed by atoms with Crippen LogP contribution in [0.2, 0.25) is 0 Å². The summed E-state index contributed by atoms with van der Waals surface area (Å²) >= 11 is 0. The molecule has 1 aromatic rings. The minimum Gasteiger partial charge on any atom is -0.399 e. The molecule has 1 amide bonds. The van der Waals surface area contributed by atoms with Crippen molar-refractivity contribution in [2.45, 2.75) is 20.3 Å². The molecule has 1 aromatic carbocycles. The highest BCUT2D eigenvalue weighted by molar-refractivity contribution is 5.99. The second-order valence-corrected chi connectivity index (χ2v) is 4.89. The first kappa shape index (κ1) is 14.8. The summed E-state index contributed by atoms with van der Waals surface area (Å²) in [5, 5.41) is 8.73. The maximum atomic E-state index is 11.5. The van der Waals surface area contributed by atoms with Gasteiger partial charge in [0.15, 0.2) is 0 Å². The van der Waals surface area contributed by atoms with E-state index in [1.54, 1.807) is 18.2 Å². The van der Waals surface area contributed by atoms with Crippen LogP contribution < -0.4 is 16.4 Å². The number of amides is 1. The number of hydrogen-bond donors (Lipinski definition) is 2. The maximum Gasteiger partial charge on any atom is 0.250 e. The third-order valence-electron chi connectivity index (χ3n) is 2.71. The molecule has 0 saturated heterocycles. The maximum absolute atomic E-state index is 11.5. The van der Waals surface area contributed by atoms with Gasteiger partial charge in [-0.3, -0.25) is 4.79 Å². The van der Waals surface area contributed by atoms with Crippen molar-refractivity contribution in [1.82, 2.24) is 0 Å². The molecular formula is C14H20N4O. The van der Waals surface area contributed by atoms with Crippen molar-refractivity contribution in [1.29, 1.82) is 5.26 Å². The Kier molecular flexibility index (Phi) is 5.19. The standard InChI is InChI=1S/C14H20N4O/c1-10(2)9-18(7-3-6-15)13-5-4-11(16)8-12(13)14(17)19/h4-5,8,10H,3,7,9,16H2,1-2H3,(H2,17,19). The first-order valence-electron chi connectivity index (χ1n) is 6.27. The SMILES string of the molecule is CC(C)CN(CCC#N)c1ccc(N)cc1C(N)=O. The topological polar surface area (TPSA) is 96.1 Å². The molecule has 0 aliphatic heterocycles. The molecule has 0 atom stereocenters. The summed E-state index contributed by atoms with van der Waals surface area (Å²) in [6, 6.07) is 7.22. The molecule has 0 bridgehead atoms. The quantitative estimate of drug-likeness (QED) is 0.761. The Morgan fingerprint density at radius 2 is 2.16 bits per heavy atom. The first-order chi connectivity index (χ1) is 8.95. The van der Waals surface area contributed by atoms with Crippen molar-refractivity contribution >= 4 is 17.3 Å². The summed E-state index contributed by atoms with van der Waals surface area (Å²) in [5.74, 6) is -0.0926. The van der Waals surface area contributed by atoms with Crippen LogP contribution in [0.15, 0.2) is 18.2 Å². The van der Waals surface area contributed by atoms with E-state index in [4.69, 9.17) is 16.7 Å². The van der Waals surface area contributed by atoms with Gasteiger partial charge in [-0.2, -0.15) is 5.26 Å². The van der Waals surface area contributed by atoms with E-state index in [2.05, 4.69) is 19.9 Å². The summed E-state index contributed by atoms with van der Waals surface area (Å²) in [6.07, 6.45) is 0.398. The number of hydrogen-bond acceptors (Lipinski definition) is 4. The van der Waals surface area contributed by atoms with Crippen LogP contribution in [0.1, 0.15) is 30.6 Å². The van der Waals surface area contributed by atoms with Gasteiger partial charge in [-0.05, 0) is 24.1 Å². The summed E-state index contributed by atoms with van der Waals surface area (Å²) in [4.78, 5) is 13.5. The lowest BCUT2D eigenvalue weighted by Crippen LogP contribution is -2.31. The average molecular weight is 260 g/mol. The van der Waals surface area contributed by atoms with Gasteiger partial charge in [0.2, 0.25) is 0 Å². The number of anilines is 2. The Morgan fingerprint density at radius 3 is 2.68 bits per heavy atom. The Balaban J connectivity index is 3.13. The highest BCUT2D eigenvalue weighted by Crippen LogP contribution is 2.24. The van der Waals surface area contributed by atoms with Gasteiger partial charge in [0.1, 0.15) is 0 Å². The Morgan fingerprint density at radius 1 is 1.47 bits per heavy atom. The van der Waals surface area contributed by atoms with Gasteiger partial charge in [0, 0.05) is 24.5 Å². The number of rotatable bonds is 6. The normalized spacial score (nSPS) is 10.2. The van der Waals surface area contributed by atoms with Crippen molar-refractivity contribution in [3.8, 4) is 6.07 Å². The van der Waals surface area contributed by atoms with Crippen LogP contribution in [0.25, 0.3) is 0 Å². The average Bonchev–Trinajstić information content (AvgIpc) is 2.34. The zero-order valence-corrected chi connectivity index (χ0v) is 11.4. The van der Waals surface area contributed by atoms with E-state index in [0.29, 0.717) is 30.1 Å². The zero-order chi connectivity index (χ0) is 14.4. The Hall–Kier alpha value is -2.22. The molecule has 1 rings (SSSR count). The molecule has 0 saturated carbocycles. The van der Waals surface area contributed by atoms with Crippen LogP contribution in [0, 0.1) is 17.2 Å². The molecule has 5 nitrogen and oxygen atoms in total. The molecule has 0 fully saturated rings.